The Kier molecular flexibility index (Phi) is 5.17. The van der Waals surface area contributed by atoms with Gasteiger partial charge < -0.3 is 15.0 Å². The van der Waals surface area contributed by atoms with Gasteiger partial charge in [-0.15, -0.1) is 11.3 Å². The zero-order chi connectivity index (χ0) is 19.5. The molecule has 0 spiro atoms. The number of aromatic nitrogens is 1. The van der Waals surface area contributed by atoms with Gasteiger partial charge in [0.25, 0.3) is 5.91 Å². The van der Waals surface area contributed by atoms with E-state index in [2.05, 4.69) is 46.1 Å². The Morgan fingerprint density at radius 2 is 2.04 bits per heavy atom. The fraction of sp³-hybridized carbons (Fsp3) is 0.174. The molecule has 142 valence electrons. The standard InChI is InChI=1S/C23H22N2O2S/c1-15-9-10-16(12-21(15)27-2)23(26)25-14-19(22-8-5-11-28-22)18-13-24-20-7-4-3-6-17(18)20/h3-13,19,24H,14H2,1-2H3,(H,25,26). The molecule has 2 aromatic heterocycles. The lowest BCUT2D eigenvalue weighted by molar-refractivity contribution is 0.0952. The van der Waals surface area contributed by atoms with Gasteiger partial charge in [0.1, 0.15) is 5.75 Å². The van der Waals surface area contributed by atoms with Crippen LogP contribution in [0.15, 0.2) is 66.2 Å². The molecule has 4 rings (SSSR count). The van der Waals surface area contributed by atoms with Gasteiger partial charge in [0.15, 0.2) is 0 Å². The number of thiophene rings is 1. The molecule has 1 amide bonds. The molecule has 28 heavy (non-hydrogen) atoms. The number of nitrogens with one attached hydrogen (secondary N) is 2. The number of methoxy groups -OCH3 is 1. The number of aryl methyl sites for hydroxylation is 1. The second-order valence-electron chi connectivity index (χ2n) is 6.75. The Labute approximate surface area is 168 Å². The molecule has 0 saturated heterocycles. The number of hydrogen-bond donors (Lipinski definition) is 2. The van der Waals surface area contributed by atoms with Crippen molar-refractivity contribution >= 4 is 28.1 Å². The summed E-state index contributed by atoms with van der Waals surface area (Å²) < 4.78 is 5.34. The molecule has 0 saturated carbocycles. The average molecular weight is 391 g/mol. The summed E-state index contributed by atoms with van der Waals surface area (Å²) in [5, 5.41) is 6.37. The van der Waals surface area contributed by atoms with E-state index in [0.717, 1.165) is 16.8 Å². The van der Waals surface area contributed by atoms with Crippen molar-refractivity contribution < 1.29 is 9.53 Å². The first-order valence-corrected chi connectivity index (χ1v) is 10.1. The molecular weight excluding hydrogens is 368 g/mol. The van der Waals surface area contributed by atoms with Crippen molar-refractivity contribution in [3.05, 3.63) is 87.7 Å². The molecule has 0 aliphatic carbocycles. The largest absolute Gasteiger partial charge is 0.496 e. The van der Waals surface area contributed by atoms with Gasteiger partial charge in [0.2, 0.25) is 0 Å². The molecule has 0 bridgehead atoms. The lowest BCUT2D eigenvalue weighted by Crippen LogP contribution is -2.28. The fourth-order valence-electron chi connectivity index (χ4n) is 3.49. The number of carbonyl (C=O) groups excluding carboxylic acids is 1. The first-order chi connectivity index (χ1) is 13.7. The van der Waals surface area contributed by atoms with Crippen molar-refractivity contribution in [3.63, 3.8) is 0 Å². The van der Waals surface area contributed by atoms with Crippen LogP contribution in [0, 0.1) is 6.92 Å². The summed E-state index contributed by atoms with van der Waals surface area (Å²) >= 11 is 1.71. The fourth-order valence-corrected chi connectivity index (χ4v) is 4.34. The lowest BCUT2D eigenvalue weighted by atomic mass is 9.96. The minimum atomic E-state index is -0.0975. The minimum Gasteiger partial charge on any atom is -0.496 e. The van der Waals surface area contributed by atoms with Gasteiger partial charge in [0.05, 0.1) is 7.11 Å². The van der Waals surface area contributed by atoms with Crippen molar-refractivity contribution in [1.82, 2.24) is 10.3 Å². The lowest BCUT2D eigenvalue weighted by Gasteiger charge is -2.17. The van der Waals surface area contributed by atoms with Crippen LogP contribution in [0.5, 0.6) is 5.75 Å². The maximum atomic E-state index is 12.8. The number of para-hydroxylation sites is 1. The van der Waals surface area contributed by atoms with E-state index >= 15 is 0 Å². The van der Waals surface area contributed by atoms with Gasteiger partial charge in [-0.1, -0.05) is 30.3 Å². The summed E-state index contributed by atoms with van der Waals surface area (Å²) in [4.78, 5) is 17.3. The molecule has 0 aliphatic heterocycles. The van der Waals surface area contributed by atoms with Crippen LogP contribution >= 0.6 is 11.3 Å². The number of benzene rings is 2. The molecule has 4 nitrogen and oxygen atoms in total. The van der Waals surface area contributed by atoms with Crippen LogP contribution in [0.4, 0.5) is 0 Å². The third-order valence-electron chi connectivity index (χ3n) is 5.02. The summed E-state index contributed by atoms with van der Waals surface area (Å²) in [6.45, 7) is 2.49. The highest BCUT2D eigenvalue weighted by atomic mass is 32.1. The molecule has 5 heteroatoms. The number of hydrogen-bond acceptors (Lipinski definition) is 3. The average Bonchev–Trinajstić information content (AvgIpc) is 3.39. The highest BCUT2D eigenvalue weighted by Gasteiger charge is 2.20. The van der Waals surface area contributed by atoms with E-state index in [0.29, 0.717) is 12.1 Å². The van der Waals surface area contributed by atoms with Crippen LogP contribution in [-0.4, -0.2) is 24.5 Å². The molecule has 0 fully saturated rings. The molecule has 1 atom stereocenters. The summed E-state index contributed by atoms with van der Waals surface area (Å²) in [7, 11) is 1.62. The topological polar surface area (TPSA) is 54.1 Å². The third kappa shape index (κ3) is 3.53. The van der Waals surface area contributed by atoms with Crippen LogP contribution in [0.2, 0.25) is 0 Å². The summed E-state index contributed by atoms with van der Waals surface area (Å²) in [6, 6.07) is 18.0. The Bertz CT molecular complexity index is 1100. The Morgan fingerprint density at radius 3 is 2.82 bits per heavy atom. The van der Waals surface area contributed by atoms with E-state index < -0.39 is 0 Å². The summed E-state index contributed by atoms with van der Waals surface area (Å²) in [5.41, 5.74) is 3.91. The Morgan fingerprint density at radius 1 is 1.18 bits per heavy atom. The first-order valence-electron chi connectivity index (χ1n) is 9.19. The van der Waals surface area contributed by atoms with Crippen LogP contribution in [0.25, 0.3) is 10.9 Å². The Balaban J connectivity index is 1.60. The van der Waals surface area contributed by atoms with Gasteiger partial charge in [-0.3, -0.25) is 4.79 Å². The summed E-state index contributed by atoms with van der Waals surface area (Å²) in [5.74, 6) is 0.714. The second-order valence-corrected chi connectivity index (χ2v) is 7.73. The number of aromatic amines is 1. The normalized spacial score (nSPS) is 12.1. The van der Waals surface area contributed by atoms with E-state index in [1.165, 1.54) is 15.8 Å². The maximum absolute atomic E-state index is 12.8. The van der Waals surface area contributed by atoms with Crippen LogP contribution < -0.4 is 10.1 Å². The van der Waals surface area contributed by atoms with Crippen molar-refractivity contribution in [1.29, 1.82) is 0 Å². The molecule has 2 aromatic carbocycles. The number of H-pyrrole nitrogens is 1. The maximum Gasteiger partial charge on any atom is 0.251 e. The minimum absolute atomic E-state index is 0.0902. The van der Waals surface area contributed by atoms with Crippen LogP contribution in [0.3, 0.4) is 0 Å². The number of amides is 1. The highest BCUT2D eigenvalue weighted by molar-refractivity contribution is 7.10. The molecule has 0 aliphatic rings. The monoisotopic (exact) mass is 390 g/mol. The van der Waals surface area contributed by atoms with E-state index in [1.807, 2.05) is 31.2 Å². The van der Waals surface area contributed by atoms with Crippen LogP contribution in [0.1, 0.15) is 32.3 Å². The molecule has 4 aromatic rings. The van der Waals surface area contributed by atoms with Gasteiger partial charge in [0, 0.05) is 40.0 Å². The van der Waals surface area contributed by atoms with Crippen molar-refractivity contribution in [2.45, 2.75) is 12.8 Å². The second kappa shape index (κ2) is 7.90. The van der Waals surface area contributed by atoms with Gasteiger partial charge in [-0.2, -0.15) is 0 Å². The number of carbonyl (C=O) groups is 1. The van der Waals surface area contributed by atoms with E-state index in [-0.39, 0.29) is 11.8 Å². The molecule has 1 unspecified atom stereocenters. The first kappa shape index (κ1) is 18.3. The van der Waals surface area contributed by atoms with Gasteiger partial charge in [-0.05, 0) is 47.7 Å². The predicted octanol–water partition coefficient (Wildman–Crippen LogP) is 5.11. The molecule has 2 N–H and O–H groups in total. The quantitative estimate of drug-likeness (QED) is 0.481. The molecular formula is C23H22N2O2S. The highest BCUT2D eigenvalue weighted by Crippen LogP contribution is 2.33. The smallest absolute Gasteiger partial charge is 0.251 e. The number of fused-ring (bicyclic) bond motifs is 1. The molecule has 0 radical (unpaired) electrons. The zero-order valence-electron chi connectivity index (χ0n) is 15.9. The van der Waals surface area contributed by atoms with Crippen molar-refractivity contribution in [3.8, 4) is 5.75 Å². The van der Waals surface area contributed by atoms with Gasteiger partial charge >= 0.3 is 0 Å². The van der Waals surface area contributed by atoms with Crippen LogP contribution in [-0.2, 0) is 0 Å². The number of ether oxygens (including phenoxy) is 1. The number of rotatable bonds is 6. The third-order valence-corrected chi connectivity index (χ3v) is 6.01. The van der Waals surface area contributed by atoms with E-state index in [1.54, 1.807) is 24.5 Å². The van der Waals surface area contributed by atoms with Gasteiger partial charge in [-0.25, -0.2) is 0 Å². The predicted molar refractivity (Wildman–Crippen MR) is 115 cm³/mol. The van der Waals surface area contributed by atoms with Crippen molar-refractivity contribution in [2.24, 2.45) is 0 Å². The van der Waals surface area contributed by atoms with E-state index in [4.69, 9.17) is 4.74 Å². The Hall–Kier alpha value is -3.05. The van der Waals surface area contributed by atoms with E-state index in [9.17, 15) is 4.79 Å². The summed E-state index contributed by atoms with van der Waals surface area (Å²) in [6.07, 6.45) is 2.05. The zero-order valence-corrected chi connectivity index (χ0v) is 16.7. The van der Waals surface area contributed by atoms with Crippen molar-refractivity contribution in [2.75, 3.05) is 13.7 Å². The molecule has 2 heterocycles. The SMILES string of the molecule is COc1cc(C(=O)NCC(c2cccs2)c2c[nH]c3ccccc23)ccc1C.